The van der Waals surface area contributed by atoms with Gasteiger partial charge in [-0.2, -0.15) is 8.42 Å². The highest BCUT2D eigenvalue weighted by Crippen LogP contribution is 2.19. The number of nitro benzene ring substituents is 1. The van der Waals surface area contributed by atoms with Gasteiger partial charge in [0.15, 0.2) is 0 Å². The third kappa shape index (κ3) is 6.93. The molecule has 124 valence electrons. The Balaban J connectivity index is 2.96. The second-order valence-corrected chi connectivity index (χ2v) is 7.67. The molecule has 0 aliphatic rings. The number of nitrogens with zero attached hydrogens (tertiary/aromatic N) is 1. The van der Waals surface area contributed by atoms with Gasteiger partial charge in [-0.05, 0) is 24.0 Å². The minimum Gasteiger partial charge on any atom is -0.748 e. The summed E-state index contributed by atoms with van der Waals surface area (Å²) < 4.78 is 58.3. The number of nitro groups is 1. The molecule has 0 atom stereocenters. The molecule has 0 saturated carbocycles. The Hall–Kier alpha value is -1.56. The molecule has 0 unspecified atom stereocenters. The lowest BCUT2D eigenvalue weighted by Crippen LogP contribution is -2.11. The van der Waals surface area contributed by atoms with E-state index in [1.807, 2.05) is 0 Å². The van der Waals surface area contributed by atoms with Crippen molar-refractivity contribution in [3.8, 4) is 0 Å². The lowest BCUT2D eigenvalue weighted by Gasteiger charge is -2.11. The maximum Gasteiger partial charge on any atom is 0.269 e. The van der Waals surface area contributed by atoms with Crippen LogP contribution in [-0.4, -0.2) is 44.9 Å². The molecule has 0 heterocycles. The molecule has 1 aromatic carbocycles. The molecule has 1 rings (SSSR count). The third-order valence-electron chi connectivity index (χ3n) is 2.69. The zero-order valence-corrected chi connectivity index (χ0v) is 13.2. The summed E-state index contributed by atoms with van der Waals surface area (Å²) in [4.78, 5) is 10.1. The Morgan fingerprint density at radius 1 is 1.14 bits per heavy atom. The highest BCUT2D eigenvalue weighted by atomic mass is 32.2. The molecule has 9 nitrogen and oxygen atoms in total. The Morgan fingerprint density at radius 2 is 1.77 bits per heavy atom. The summed E-state index contributed by atoms with van der Waals surface area (Å²) in [5, 5.41) is 10.7. The standard InChI is InChI=1S/C11H15NO8S2/c1-21(15,16)20-6-4-10-8-11(12(13)14)3-2-9(10)5-7-22(17,18)19/h2-3,8H,4-7H2,1H3,(H,17,18,19)/p-1. The number of rotatable bonds is 8. The van der Waals surface area contributed by atoms with E-state index in [-0.39, 0.29) is 25.1 Å². The first-order valence-corrected chi connectivity index (χ1v) is 9.41. The van der Waals surface area contributed by atoms with Crippen LogP contribution < -0.4 is 0 Å². The molecule has 0 bridgehead atoms. The lowest BCUT2D eigenvalue weighted by molar-refractivity contribution is -0.384. The number of non-ortho nitro benzene ring substituents is 1. The Bertz CT molecular complexity index is 754. The Labute approximate surface area is 127 Å². The van der Waals surface area contributed by atoms with Crippen molar-refractivity contribution in [1.29, 1.82) is 0 Å². The molecule has 0 aliphatic heterocycles. The second-order valence-electron chi connectivity index (χ2n) is 4.50. The summed E-state index contributed by atoms with van der Waals surface area (Å²) in [6, 6.07) is 3.74. The van der Waals surface area contributed by atoms with Gasteiger partial charge in [-0.25, -0.2) is 8.42 Å². The van der Waals surface area contributed by atoms with Crippen LogP contribution in [0.3, 0.4) is 0 Å². The van der Waals surface area contributed by atoms with Crippen LogP contribution in [0.25, 0.3) is 0 Å². The van der Waals surface area contributed by atoms with Crippen molar-refractivity contribution in [3.05, 3.63) is 39.4 Å². The molecule has 22 heavy (non-hydrogen) atoms. The quantitative estimate of drug-likeness (QED) is 0.279. The van der Waals surface area contributed by atoms with E-state index in [0.717, 1.165) is 6.26 Å². The van der Waals surface area contributed by atoms with Crippen molar-refractivity contribution in [2.24, 2.45) is 0 Å². The topological polar surface area (TPSA) is 144 Å². The number of aryl methyl sites for hydroxylation is 1. The minimum absolute atomic E-state index is 0.0307. The monoisotopic (exact) mass is 352 g/mol. The molecule has 0 fully saturated rings. The van der Waals surface area contributed by atoms with Crippen LogP contribution in [0.5, 0.6) is 0 Å². The van der Waals surface area contributed by atoms with E-state index in [1.54, 1.807) is 0 Å². The van der Waals surface area contributed by atoms with Gasteiger partial charge in [0.25, 0.3) is 15.8 Å². The first-order chi connectivity index (χ1) is 9.98. The molecular weight excluding hydrogens is 338 g/mol. The van der Waals surface area contributed by atoms with E-state index >= 15 is 0 Å². The highest BCUT2D eigenvalue weighted by molar-refractivity contribution is 7.86. The van der Waals surface area contributed by atoms with E-state index in [2.05, 4.69) is 4.18 Å². The first-order valence-electron chi connectivity index (χ1n) is 6.02. The van der Waals surface area contributed by atoms with Crippen LogP contribution in [0.4, 0.5) is 5.69 Å². The predicted octanol–water partition coefficient (Wildman–Crippen LogP) is 0.201. The average molecular weight is 352 g/mol. The largest absolute Gasteiger partial charge is 0.748 e. The van der Waals surface area contributed by atoms with Gasteiger partial charge in [0.1, 0.15) is 0 Å². The Morgan fingerprint density at radius 3 is 2.27 bits per heavy atom. The van der Waals surface area contributed by atoms with Crippen molar-refractivity contribution in [3.63, 3.8) is 0 Å². The lowest BCUT2D eigenvalue weighted by atomic mass is 10.0. The number of hydrogen-bond donors (Lipinski definition) is 0. The Kier molecular flexibility index (Phi) is 6.00. The minimum atomic E-state index is -4.42. The summed E-state index contributed by atoms with van der Waals surface area (Å²) in [5.74, 6) is -0.648. The van der Waals surface area contributed by atoms with Gasteiger partial charge in [-0.15, -0.1) is 0 Å². The molecule has 0 aromatic heterocycles. The van der Waals surface area contributed by atoms with E-state index in [0.29, 0.717) is 11.1 Å². The normalized spacial score (nSPS) is 12.3. The van der Waals surface area contributed by atoms with Crippen LogP contribution in [-0.2, 0) is 37.3 Å². The van der Waals surface area contributed by atoms with E-state index in [1.165, 1.54) is 18.2 Å². The first kappa shape index (κ1) is 18.5. The molecule has 0 amide bonds. The fourth-order valence-corrected chi connectivity index (χ4v) is 2.60. The van der Waals surface area contributed by atoms with Crippen LogP contribution >= 0.6 is 0 Å². The molecule has 0 spiro atoms. The van der Waals surface area contributed by atoms with E-state index < -0.39 is 30.9 Å². The van der Waals surface area contributed by atoms with Crippen molar-refractivity contribution in [2.75, 3.05) is 18.6 Å². The zero-order valence-electron chi connectivity index (χ0n) is 11.6. The number of hydrogen-bond acceptors (Lipinski definition) is 8. The average Bonchev–Trinajstić information content (AvgIpc) is 2.34. The van der Waals surface area contributed by atoms with Crippen molar-refractivity contribution in [2.45, 2.75) is 12.8 Å². The van der Waals surface area contributed by atoms with Gasteiger partial charge >= 0.3 is 0 Å². The van der Waals surface area contributed by atoms with Gasteiger partial charge in [0, 0.05) is 17.9 Å². The smallest absolute Gasteiger partial charge is 0.269 e. The van der Waals surface area contributed by atoms with Gasteiger partial charge in [0.05, 0.1) is 27.9 Å². The summed E-state index contributed by atoms with van der Waals surface area (Å²) in [5.41, 5.74) is 0.562. The molecule has 0 aliphatic carbocycles. The van der Waals surface area contributed by atoms with Crippen molar-refractivity contribution < 1.29 is 30.5 Å². The predicted molar refractivity (Wildman–Crippen MR) is 75.9 cm³/mol. The summed E-state index contributed by atoms with van der Waals surface area (Å²) in [6.07, 6.45) is 0.784. The number of benzene rings is 1. The van der Waals surface area contributed by atoms with Crippen LogP contribution in [0.2, 0.25) is 0 Å². The molecule has 0 N–H and O–H groups in total. The highest BCUT2D eigenvalue weighted by Gasteiger charge is 2.12. The maximum atomic E-state index is 10.9. The third-order valence-corrected chi connectivity index (χ3v) is 3.99. The van der Waals surface area contributed by atoms with Gasteiger partial charge in [0.2, 0.25) is 0 Å². The van der Waals surface area contributed by atoms with Gasteiger partial charge < -0.3 is 4.55 Å². The van der Waals surface area contributed by atoms with E-state index in [9.17, 15) is 31.5 Å². The zero-order chi connectivity index (χ0) is 17.0. The maximum absolute atomic E-state index is 10.9. The summed E-state index contributed by atoms with van der Waals surface area (Å²) >= 11 is 0. The second kappa shape index (κ2) is 7.13. The molecular formula is C11H14NO8S2-. The summed E-state index contributed by atoms with van der Waals surface area (Å²) in [6.45, 7) is -0.239. The summed E-state index contributed by atoms with van der Waals surface area (Å²) in [7, 11) is -8.07. The van der Waals surface area contributed by atoms with Crippen molar-refractivity contribution in [1.82, 2.24) is 0 Å². The van der Waals surface area contributed by atoms with Crippen molar-refractivity contribution >= 4 is 25.9 Å². The SMILES string of the molecule is CS(=O)(=O)OCCc1cc([N+](=O)[O-])ccc1CCS(=O)(=O)[O-]. The molecule has 0 radical (unpaired) electrons. The van der Waals surface area contributed by atoms with Crippen LogP contribution in [0.15, 0.2) is 18.2 Å². The fourth-order valence-electron chi connectivity index (χ4n) is 1.74. The fraction of sp³-hybridized carbons (Fsp3) is 0.455. The molecule has 1 aromatic rings. The molecule has 0 saturated heterocycles. The van der Waals surface area contributed by atoms with Gasteiger partial charge in [-0.1, -0.05) is 6.07 Å². The van der Waals surface area contributed by atoms with E-state index in [4.69, 9.17) is 0 Å². The van der Waals surface area contributed by atoms with Gasteiger partial charge in [-0.3, -0.25) is 14.3 Å². The molecule has 11 heteroatoms. The van der Waals surface area contributed by atoms with Crippen LogP contribution in [0, 0.1) is 10.1 Å². The van der Waals surface area contributed by atoms with Crippen LogP contribution in [0.1, 0.15) is 11.1 Å².